The van der Waals surface area contributed by atoms with Gasteiger partial charge in [0.25, 0.3) is 5.56 Å². The van der Waals surface area contributed by atoms with E-state index in [4.69, 9.17) is 4.98 Å². The van der Waals surface area contributed by atoms with Gasteiger partial charge in [-0.25, -0.2) is 4.98 Å². The maximum atomic E-state index is 13.3. The number of amides is 1. The molecule has 1 aromatic heterocycles. The van der Waals surface area contributed by atoms with Crippen LogP contribution in [0.15, 0.2) is 64.5 Å². The van der Waals surface area contributed by atoms with Crippen LogP contribution in [-0.4, -0.2) is 26.8 Å². The maximum Gasteiger partial charge on any atom is 0.262 e. The summed E-state index contributed by atoms with van der Waals surface area (Å²) >= 11 is 1.39. The third kappa shape index (κ3) is 5.23. The lowest BCUT2D eigenvalue weighted by molar-refractivity contribution is -0.120. The summed E-state index contributed by atoms with van der Waals surface area (Å²) in [5.74, 6) is -0.0176. The molecule has 0 unspecified atom stereocenters. The fourth-order valence-corrected chi connectivity index (χ4v) is 5.35. The van der Waals surface area contributed by atoms with Crippen LogP contribution >= 0.6 is 11.8 Å². The van der Waals surface area contributed by atoms with Crippen LogP contribution in [0.3, 0.4) is 0 Å². The number of aryl methyl sites for hydroxylation is 1. The van der Waals surface area contributed by atoms with E-state index in [1.54, 1.807) is 0 Å². The normalized spacial score (nSPS) is 16.2. The zero-order chi connectivity index (χ0) is 22.5. The molecule has 168 valence electrons. The first kappa shape index (κ1) is 22.6. The van der Waals surface area contributed by atoms with E-state index >= 15 is 0 Å². The van der Waals surface area contributed by atoms with E-state index in [9.17, 15) is 9.59 Å². The average Bonchev–Trinajstić information content (AvgIpc) is 3.33. The minimum atomic E-state index is -0.338. The Hall–Kier alpha value is -2.60. The lowest BCUT2D eigenvalue weighted by Crippen LogP contribution is -2.38. The fourth-order valence-electron chi connectivity index (χ4n) is 4.36. The van der Waals surface area contributed by atoms with Crippen LogP contribution in [0.1, 0.15) is 57.6 Å². The topological polar surface area (TPSA) is 64.0 Å². The lowest BCUT2D eigenvalue weighted by atomic mass is 10.1. The molecule has 2 aromatic carbocycles. The third-order valence-electron chi connectivity index (χ3n) is 6.21. The Balaban J connectivity index is 1.47. The molecular formula is C26H31N3O2S. The van der Waals surface area contributed by atoms with Crippen molar-refractivity contribution >= 4 is 28.6 Å². The highest BCUT2D eigenvalue weighted by atomic mass is 32.2. The summed E-state index contributed by atoms with van der Waals surface area (Å²) in [6.07, 6.45) is 6.05. The van der Waals surface area contributed by atoms with E-state index in [0.717, 1.165) is 38.5 Å². The van der Waals surface area contributed by atoms with Crippen LogP contribution < -0.4 is 10.9 Å². The average molecular weight is 450 g/mol. The lowest BCUT2D eigenvalue weighted by Gasteiger charge is -2.21. The molecule has 1 N–H and O–H groups in total. The van der Waals surface area contributed by atoms with Crippen molar-refractivity contribution in [3.8, 4) is 0 Å². The molecule has 2 atom stereocenters. The van der Waals surface area contributed by atoms with Crippen molar-refractivity contribution in [2.45, 2.75) is 74.9 Å². The van der Waals surface area contributed by atoms with Gasteiger partial charge in [-0.2, -0.15) is 0 Å². The van der Waals surface area contributed by atoms with Crippen LogP contribution in [0.2, 0.25) is 0 Å². The summed E-state index contributed by atoms with van der Waals surface area (Å²) in [6.45, 7) is 3.94. The molecule has 0 bridgehead atoms. The Bertz CT molecular complexity index is 1120. The van der Waals surface area contributed by atoms with Crippen LogP contribution in [-0.2, 0) is 11.2 Å². The predicted molar refractivity (Wildman–Crippen MR) is 131 cm³/mol. The van der Waals surface area contributed by atoms with Gasteiger partial charge in [-0.15, -0.1) is 0 Å². The van der Waals surface area contributed by atoms with Gasteiger partial charge < -0.3 is 5.32 Å². The number of thioether (sulfide) groups is 1. The minimum Gasteiger partial charge on any atom is -0.353 e. The SMILES string of the molecule is C[C@H](CCc1ccccc1)NC(=O)[C@@H](C)Sc1nc2ccccc2c(=O)n1C1CCCC1. The van der Waals surface area contributed by atoms with E-state index < -0.39 is 0 Å². The van der Waals surface area contributed by atoms with E-state index in [1.165, 1.54) is 17.3 Å². The first-order valence-corrected chi connectivity index (χ1v) is 12.4. The highest BCUT2D eigenvalue weighted by molar-refractivity contribution is 8.00. The molecule has 1 aliphatic carbocycles. The van der Waals surface area contributed by atoms with Crippen molar-refractivity contribution < 1.29 is 4.79 Å². The molecule has 0 spiro atoms. The Morgan fingerprint density at radius 1 is 1.09 bits per heavy atom. The number of carbonyl (C=O) groups excluding carboxylic acids is 1. The summed E-state index contributed by atoms with van der Waals surface area (Å²) in [4.78, 5) is 31.0. The van der Waals surface area contributed by atoms with Gasteiger partial charge in [-0.05, 0) is 57.2 Å². The number of nitrogens with one attached hydrogen (secondary N) is 1. The number of rotatable bonds is 8. The number of para-hydroxylation sites is 1. The van der Waals surface area contributed by atoms with Crippen molar-refractivity contribution in [2.75, 3.05) is 0 Å². The monoisotopic (exact) mass is 449 g/mol. The molecule has 3 aromatic rings. The molecule has 5 nitrogen and oxygen atoms in total. The second-order valence-electron chi connectivity index (χ2n) is 8.72. The Kier molecular flexibility index (Phi) is 7.30. The smallest absolute Gasteiger partial charge is 0.262 e. The summed E-state index contributed by atoms with van der Waals surface area (Å²) in [5.41, 5.74) is 1.98. The summed E-state index contributed by atoms with van der Waals surface area (Å²) in [6, 6.07) is 18.1. The highest BCUT2D eigenvalue weighted by Crippen LogP contribution is 2.33. The number of aromatic nitrogens is 2. The molecule has 1 fully saturated rings. The van der Waals surface area contributed by atoms with Gasteiger partial charge >= 0.3 is 0 Å². The van der Waals surface area contributed by atoms with Gasteiger partial charge in [0.05, 0.1) is 16.2 Å². The molecule has 4 rings (SSSR count). The highest BCUT2D eigenvalue weighted by Gasteiger charge is 2.26. The third-order valence-corrected chi connectivity index (χ3v) is 7.28. The van der Waals surface area contributed by atoms with Gasteiger partial charge in [0.2, 0.25) is 5.91 Å². The van der Waals surface area contributed by atoms with E-state index in [1.807, 2.05) is 60.9 Å². The molecule has 6 heteroatoms. The van der Waals surface area contributed by atoms with E-state index in [0.29, 0.717) is 16.1 Å². The number of nitrogens with zero attached hydrogens (tertiary/aromatic N) is 2. The quantitative estimate of drug-likeness (QED) is 0.382. The van der Waals surface area contributed by atoms with Crippen molar-refractivity contribution in [3.05, 3.63) is 70.5 Å². The summed E-state index contributed by atoms with van der Waals surface area (Å²) in [7, 11) is 0. The molecular weight excluding hydrogens is 418 g/mol. The van der Waals surface area contributed by atoms with E-state index in [-0.39, 0.29) is 28.8 Å². The minimum absolute atomic E-state index is 0.00818. The first-order chi connectivity index (χ1) is 15.5. The molecule has 0 aliphatic heterocycles. The van der Waals surface area contributed by atoms with E-state index in [2.05, 4.69) is 17.4 Å². The fraction of sp³-hybridized carbons (Fsp3) is 0.423. The number of carbonyl (C=O) groups is 1. The van der Waals surface area contributed by atoms with Crippen LogP contribution in [0, 0.1) is 0 Å². The zero-order valence-electron chi connectivity index (χ0n) is 18.8. The van der Waals surface area contributed by atoms with Crippen LogP contribution in [0.4, 0.5) is 0 Å². The van der Waals surface area contributed by atoms with Gasteiger partial charge in [-0.1, -0.05) is 67.1 Å². The predicted octanol–water partition coefficient (Wildman–Crippen LogP) is 5.13. The summed E-state index contributed by atoms with van der Waals surface area (Å²) < 4.78 is 1.85. The Labute approximate surface area is 193 Å². The van der Waals surface area contributed by atoms with Gasteiger partial charge in [-0.3, -0.25) is 14.2 Å². The Morgan fingerprint density at radius 3 is 2.53 bits per heavy atom. The van der Waals surface area contributed by atoms with Crippen molar-refractivity contribution in [1.82, 2.24) is 14.9 Å². The number of fused-ring (bicyclic) bond motifs is 1. The number of hydrogen-bond donors (Lipinski definition) is 1. The molecule has 0 saturated heterocycles. The standard InChI is InChI=1S/C26H31N3O2S/c1-18(16-17-20-10-4-3-5-11-20)27-24(30)19(2)32-26-28-23-15-9-8-14-22(23)25(31)29(26)21-12-6-7-13-21/h3-5,8-11,14-15,18-19,21H,6-7,12-13,16-17H2,1-2H3,(H,27,30)/t18-,19-/m1/s1. The molecule has 1 amide bonds. The Morgan fingerprint density at radius 2 is 1.78 bits per heavy atom. The zero-order valence-corrected chi connectivity index (χ0v) is 19.6. The van der Waals surface area contributed by atoms with Crippen molar-refractivity contribution in [1.29, 1.82) is 0 Å². The van der Waals surface area contributed by atoms with Crippen molar-refractivity contribution in [2.24, 2.45) is 0 Å². The molecule has 1 saturated carbocycles. The maximum absolute atomic E-state index is 13.3. The molecule has 1 aliphatic rings. The van der Waals surface area contributed by atoms with Crippen molar-refractivity contribution in [3.63, 3.8) is 0 Å². The van der Waals surface area contributed by atoms with Gasteiger partial charge in [0.1, 0.15) is 0 Å². The second-order valence-corrected chi connectivity index (χ2v) is 10.0. The molecule has 1 heterocycles. The summed E-state index contributed by atoms with van der Waals surface area (Å²) in [5, 5.41) is 4.10. The molecule has 0 radical (unpaired) electrons. The largest absolute Gasteiger partial charge is 0.353 e. The number of hydrogen-bond acceptors (Lipinski definition) is 4. The van der Waals surface area contributed by atoms with Gasteiger partial charge in [0, 0.05) is 12.1 Å². The molecule has 32 heavy (non-hydrogen) atoms. The van der Waals surface area contributed by atoms with Crippen LogP contribution in [0.5, 0.6) is 0 Å². The number of benzene rings is 2. The first-order valence-electron chi connectivity index (χ1n) is 11.5. The second kappa shape index (κ2) is 10.3. The van der Waals surface area contributed by atoms with Crippen LogP contribution in [0.25, 0.3) is 10.9 Å². The van der Waals surface area contributed by atoms with Gasteiger partial charge in [0.15, 0.2) is 5.16 Å².